The summed E-state index contributed by atoms with van der Waals surface area (Å²) >= 11 is 0. The van der Waals surface area contributed by atoms with Gasteiger partial charge in [0.1, 0.15) is 17.0 Å². The first-order valence-corrected chi connectivity index (χ1v) is 8.68. The standard InChI is InChI=1S/C20H20N4O2/c1-15-6-5-9-24-18(15)22-19(23-10-12-26-13-11-23)17(20(24)25)14-21-16-7-3-2-4-8-16/h2-9,14H,10-13H2,1H3. The number of para-hydroxylation sites is 1. The lowest BCUT2D eigenvalue weighted by molar-refractivity contribution is 0.122. The van der Waals surface area contributed by atoms with E-state index < -0.39 is 0 Å². The Bertz CT molecular complexity index is 1010. The molecule has 6 heteroatoms. The van der Waals surface area contributed by atoms with Gasteiger partial charge in [0.05, 0.1) is 18.9 Å². The first-order valence-electron chi connectivity index (χ1n) is 8.68. The Balaban J connectivity index is 1.89. The molecule has 0 atom stereocenters. The van der Waals surface area contributed by atoms with Gasteiger partial charge < -0.3 is 9.64 Å². The van der Waals surface area contributed by atoms with E-state index in [4.69, 9.17) is 9.72 Å². The average Bonchev–Trinajstić information content (AvgIpc) is 2.69. The van der Waals surface area contributed by atoms with Gasteiger partial charge >= 0.3 is 0 Å². The third kappa shape index (κ3) is 3.11. The van der Waals surface area contributed by atoms with Crippen molar-refractivity contribution in [2.45, 2.75) is 6.92 Å². The van der Waals surface area contributed by atoms with Crippen LogP contribution < -0.4 is 10.5 Å². The fourth-order valence-electron chi connectivity index (χ4n) is 3.08. The van der Waals surface area contributed by atoms with Gasteiger partial charge in [0, 0.05) is 25.5 Å². The third-order valence-electron chi connectivity index (χ3n) is 4.47. The molecule has 0 saturated carbocycles. The second-order valence-electron chi connectivity index (χ2n) is 6.23. The van der Waals surface area contributed by atoms with Crippen molar-refractivity contribution in [3.63, 3.8) is 0 Å². The van der Waals surface area contributed by atoms with Crippen molar-refractivity contribution >= 4 is 23.4 Å². The summed E-state index contributed by atoms with van der Waals surface area (Å²) in [6, 6.07) is 13.4. The second kappa shape index (κ2) is 7.09. The number of ether oxygens (including phenoxy) is 1. The first kappa shape index (κ1) is 16.5. The van der Waals surface area contributed by atoms with Crippen LogP contribution in [0.25, 0.3) is 5.65 Å². The Morgan fingerprint density at radius 3 is 2.65 bits per heavy atom. The summed E-state index contributed by atoms with van der Waals surface area (Å²) in [4.78, 5) is 24.5. The van der Waals surface area contributed by atoms with Crippen LogP contribution in [0, 0.1) is 6.92 Å². The van der Waals surface area contributed by atoms with Crippen molar-refractivity contribution in [1.29, 1.82) is 0 Å². The van der Waals surface area contributed by atoms with Gasteiger partial charge in [-0.2, -0.15) is 0 Å². The van der Waals surface area contributed by atoms with Gasteiger partial charge in [-0.05, 0) is 30.7 Å². The Labute approximate surface area is 151 Å². The minimum absolute atomic E-state index is 0.111. The molecular weight excluding hydrogens is 328 g/mol. The molecule has 0 aliphatic carbocycles. The number of hydrogen-bond acceptors (Lipinski definition) is 5. The number of pyridine rings is 1. The molecule has 1 saturated heterocycles. The third-order valence-corrected chi connectivity index (χ3v) is 4.47. The first-order chi connectivity index (χ1) is 12.7. The number of aryl methyl sites for hydroxylation is 1. The number of hydrogen-bond donors (Lipinski definition) is 0. The quantitative estimate of drug-likeness (QED) is 0.683. The number of aromatic nitrogens is 2. The van der Waals surface area contributed by atoms with Gasteiger partial charge in [-0.3, -0.25) is 14.2 Å². The van der Waals surface area contributed by atoms with Crippen molar-refractivity contribution in [2.75, 3.05) is 31.2 Å². The van der Waals surface area contributed by atoms with Crippen LogP contribution in [0.1, 0.15) is 11.1 Å². The number of fused-ring (bicyclic) bond motifs is 1. The average molecular weight is 348 g/mol. The van der Waals surface area contributed by atoms with Gasteiger partial charge in [0.15, 0.2) is 0 Å². The molecule has 2 aromatic heterocycles. The Kier molecular flexibility index (Phi) is 4.50. The van der Waals surface area contributed by atoms with E-state index in [2.05, 4.69) is 9.89 Å². The number of anilines is 1. The van der Waals surface area contributed by atoms with Crippen LogP contribution in [0.2, 0.25) is 0 Å². The summed E-state index contributed by atoms with van der Waals surface area (Å²) in [5.74, 6) is 0.673. The summed E-state index contributed by atoms with van der Waals surface area (Å²) in [7, 11) is 0. The minimum atomic E-state index is -0.111. The summed E-state index contributed by atoms with van der Waals surface area (Å²) in [6.45, 7) is 4.64. The number of aliphatic imine (C=N–C) groups is 1. The van der Waals surface area contributed by atoms with Gasteiger partial charge in [-0.25, -0.2) is 4.98 Å². The van der Waals surface area contributed by atoms with Crippen LogP contribution in [-0.2, 0) is 4.74 Å². The molecule has 4 rings (SSSR count). The second-order valence-corrected chi connectivity index (χ2v) is 6.23. The van der Waals surface area contributed by atoms with E-state index in [9.17, 15) is 4.79 Å². The van der Waals surface area contributed by atoms with Crippen LogP contribution in [-0.4, -0.2) is 41.9 Å². The molecule has 1 aromatic carbocycles. The van der Waals surface area contributed by atoms with Crippen LogP contribution >= 0.6 is 0 Å². The monoisotopic (exact) mass is 348 g/mol. The molecule has 0 radical (unpaired) electrons. The molecule has 0 N–H and O–H groups in total. The minimum Gasteiger partial charge on any atom is -0.378 e. The van der Waals surface area contributed by atoms with E-state index in [0.29, 0.717) is 43.3 Å². The van der Waals surface area contributed by atoms with Gasteiger partial charge in [-0.1, -0.05) is 24.3 Å². The topological polar surface area (TPSA) is 59.2 Å². The van der Waals surface area contributed by atoms with Gasteiger partial charge in [0.2, 0.25) is 0 Å². The molecule has 0 amide bonds. The number of benzene rings is 1. The molecule has 0 bridgehead atoms. The Morgan fingerprint density at radius 2 is 1.88 bits per heavy atom. The van der Waals surface area contributed by atoms with Crippen molar-refractivity contribution in [3.8, 4) is 0 Å². The Morgan fingerprint density at radius 1 is 1.12 bits per heavy atom. The molecular formula is C20H20N4O2. The molecule has 26 heavy (non-hydrogen) atoms. The summed E-state index contributed by atoms with van der Waals surface area (Å²) < 4.78 is 7.03. The molecule has 3 aromatic rings. The van der Waals surface area contributed by atoms with Crippen molar-refractivity contribution in [2.24, 2.45) is 4.99 Å². The zero-order valence-electron chi connectivity index (χ0n) is 14.6. The van der Waals surface area contributed by atoms with E-state index in [-0.39, 0.29) is 5.56 Å². The zero-order valence-corrected chi connectivity index (χ0v) is 14.6. The highest BCUT2D eigenvalue weighted by Gasteiger charge is 2.20. The van der Waals surface area contributed by atoms with Crippen LogP contribution in [0.5, 0.6) is 0 Å². The van der Waals surface area contributed by atoms with Crippen molar-refractivity contribution in [1.82, 2.24) is 9.38 Å². The van der Waals surface area contributed by atoms with E-state index in [1.54, 1.807) is 16.8 Å². The lowest BCUT2D eigenvalue weighted by Gasteiger charge is -2.29. The number of nitrogens with zero attached hydrogens (tertiary/aromatic N) is 4. The lowest BCUT2D eigenvalue weighted by atomic mass is 10.2. The van der Waals surface area contributed by atoms with E-state index in [0.717, 1.165) is 11.3 Å². The smallest absolute Gasteiger partial charge is 0.268 e. The van der Waals surface area contributed by atoms with E-state index in [1.807, 2.05) is 49.4 Å². The molecule has 1 fully saturated rings. The van der Waals surface area contributed by atoms with Crippen molar-refractivity contribution < 1.29 is 4.74 Å². The maximum Gasteiger partial charge on any atom is 0.268 e. The highest BCUT2D eigenvalue weighted by molar-refractivity contribution is 5.88. The zero-order chi connectivity index (χ0) is 17.9. The molecule has 1 aliphatic rings. The SMILES string of the molecule is Cc1cccn2c(=O)c(C=Nc3ccccc3)c(N3CCOCC3)nc12. The van der Waals surface area contributed by atoms with E-state index >= 15 is 0 Å². The predicted molar refractivity (Wildman–Crippen MR) is 103 cm³/mol. The molecule has 1 aliphatic heterocycles. The summed E-state index contributed by atoms with van der Waals surface area (Å²) in [6.07, 6.45) is 3.38. The molecule has 6 nitrogen and oxygen atoms in total. The maximum absolute atomic E-state index is 13.1. The van der Waals surface area contributed by atoms with Crippen LogP contribution in [0.15, 0.2) is 58.4 Å². The van der Waals surface area contributed by atoms with Crippen molar-refractivity contribution in [3.05, 3.63) is 70.1 Å². The highest BCUT2D eigenvalue weighted by Crippen LogP contribution is 2.19. The van der Waals surface area contributed by atoms with E-state index in [1.165, 1.54) is 0 Å². The molecule has 3 heterocycles. The maximum atomic E-state index is 13.1. The van der Waals surface area contributed by atoms with Gasteiger partial charge in [0.25, 0.3) is 5.56 Å². The fourth-order valence-corrected chi connectivity index (χ4v) is 3.08. The largest absolute Gasteiger partial charge is 0.378 e. The number of morpholine rings is 1. The predicted octanol–water partition coefficient (Wildman–Crippen LogP) is 2.59. The summed E-state index contributed by atoms with van der Waals surface area (Å²) in [5.41, 5.74) is 2.83. The molecule has 0 spiro atoms. The molecule has 132 valence electrons. The Hall–Kier alpha value is -2.99. The lowest BCUT2D eigenvalue weighted by Crippen LogP contribution is -2.39. The summed E-state index contributed by atoms with van der Waals surface area (Å²) in [5, 5.41) is 0. The number of rotatable bonds is 3. The fraction of sp³-hybridized carbons (Fsp3) is 0.250. The van der Waals surface area contributed by atoms with Crippen LogP contribution in [0.3, 0.4) is 0 Å². The molecule has 0 unspecified atom stereocenters. The highest BCUT2D eigenvalue weighted by atomic mass is 16.5. The van der Waals surface area contributed by atoms with Gasteiger partial charge in [-0.15, -0.1) is 0 Å². The normalized spacial score (nSPS) is 15.0. The van der Waals surface area contributed by atoms with Crippen LogP contribution in [0.4, 0.5) is 11.5 Å².